The van der Waals surface area contributed by atoms with E-state index in [0.717, 1.165) is 19.0 Å². The molecule has 1 saturated heterocycles. The molecule has 14 heavy (non-hydrogen) atoms. The molecule has 4 heteroatoms. The van der Waals surface area contributed by atoms with Crippen molar-refractivity contribution >= 4 is 0 Å². The van der Waals surface area contributed by atoms with Crippen molar-refractivity contribution in [2.24, 2.45) is 0 Å². The van der Waals surface area contributed by atoms with E-state index in [1.165, 1.54) is 19.3 Å². The Balaban J connectivity index is 1.95. The quantitative estimate of drug-likeness (QED) is 0.783. The number of hydrogen-bond acceptors (Lipinski definition) is 3. The van der Waals surface area contributed by atoms with E-state index in [1.807, 2.05) is 10.7 Å². The lowest BCUT2D eigenvalue weighted by molar-refractivity contribution is 0.311. The smallest absolute Gasteiger partial charge is 0.211 e. The first-order valence-electron chi connectivity index (χ1n) is 5.19. The highest BCUT2D eigenvalue weighted by molar-refractivity contribution is 5.07. The Morgan fingerprint density at radius 3 is 3.29 bits per heavy atom. The van der Waals surface area contributed by atoms with Crippen LogP contribution in [0.1, 0.15) is 19.3 Å². The molecule has 1 N–H and O–H groups in total. The summed E-state index contributed by atoms with van der Waals surface area (Å²) in [7, 11) is 1.68. The van der Waals surface area contributed by atoms with Crippen LogP contribution in [0.3, 0.4) is 0 Å². The van der Waals surface area contributed by atoms with Gasteiger partial charge in [0.1, 0.15) is 0 Å². The first-order valence-corrected chi connectivity index (χ1v) is 5.19. The fourth-order valence-electron chi connectivity index (χ4n) is 1.92. The van der Waals surface area contributed by atoms with E-state index < -0.39 is 0 Å². The van der Waals surface area contributed by atoms with Crippen LogP contribution in [0, 0.1) is 0 Å². The molecular formula is C10H17N3O. The zero-order valence-electron chi connectivity index (χ0n) is 8.57. The fraction of sp³-hybridized carbons (Fsp3) is 0.700. The van der Waals surface area contributed by atoms with E-state index in [1.54, 1.807) is 13.3 Å². The van der Waals surface area contributed by atoms with Crippen LogP contribution in [0.15, 0.2) is 12.3 Å². The lowest BCUT2D eigenvalue weighted by atomic mass is 10.1. The minimum Gasteiger partial charge on any atom is -0.481 e. The van der Waals surface area contributed by atoms with Crippen molar-refractivity contribution in [3.8, 4) is 5.88 Å². The molecule has 0 aromatic carbocycles. The number of aromatic nitrogens is 2. The minimum absolute atomic E-state index is 0.553. The van der Waals surface area contributed by atoms with Crippen molar-refractivity contribution in [2.75, 3.05) is 13.7 Å². The molecule has 1 aliphatic heterocycles. The van der Waals surface area contributed by atoms with Gasteiger partial charge in [0.2, 0.25) is 5.88 Å². The molecule has 0 aliphatic carbocycles. The Morgan fingerprint density at radius 1 is 1.64 bits per heavy atom. The van der Waals surface area contributed by atoms with Crippen molar-refractivity contribution in [2.45, 2.75) is 31.8 Å². The van der Waals surface area contributed by atoms with Gasteiger partial charge >= 0.3 is 0 Å². The topological polar surface area (TPSA) is 39.1 Å². The molecule has 1 aromatic rings. The predicted molar refractivity (Wildman–Crippen MR) is 54.4 cm³/mol. The summed E-state index contributed by atoms with van der Waals surface area (Å²) < 4.78 is 7.12. The van der Waals surface area contributed by atoms with E-state index in [0.29, 0.717) is 6.04 Å². The van der Waals surface area contributed by atoms with E-state index in [2.05, 4.69) is 10.4 Å². The first kappa shape index (κ1) is 9.52. The van der Waals surface area contributed by atoms with Gasteiger partial charge in [0.05, 0.1) is 19.9 Å². The molecule has 1 atom stereocenters. The second kappa shape index (κ2) is 4.46. The van der Waals surface area contributed by atoms with E-state index in [-0.39, 0.29) is 0 Å². The standard InChI is InChI=1S/C10H17N3O/c1-14-10-5-7-12-13(10)8-9-4-2-3-6-11-9/h5,7,9,11H,2-4,6,8H2,1H3. The SMILES string of the molecule is COc1ccnn1CC1CCCCN1. The average molecular weight is 195 g/mol. The monoisotopic (exact) mass is 195 g/mol. The maximum atomic E-state index is 5.20. The number of ether oxygens (including phenoxy) is 1. The Morgan fingerprint density at radius 2 is 2.57 bits per heavy atom. The van der Waals surface area contributed by atoms with Crippen LogP contribution >= 0.6 is 0 Å². The third kappa shape index (κ3) is 2.07. The van der Waals surface area contributed by atoms with Gasteiger partial charge in [-0.05, 0) is 19.4 Å². The number of nitrogens with zero attached hydrogens (tertiary/aromatic N) is 2. The van der Waals surface area contributed by atoms with Gasteiger partial charge in [0, 0.05) is 12.1 Å². The molecule has 4 nitrogen and oxygen atoms in total. The number of nitrogens with one attached hydrogen (secondary N) is 1. The molecule has 1 fully saturated rings. The predicted octanol–water partition coefficient (Wildman–Crippen LogP) is 1.03. The average Bonchev–Trinajstić information content (AvgIpc) is 2.67. The molecule has 1 aliphatic rings. The second-order valence-corrected chi connectivity index (χ2v) is 3.70. The maximum Gasteiger partial charge on any atom is 0.211 e. The largest absolute Gasteiger partial charge is 0.481 e. The van der Waals surface area contributed by atoms with Gasteiger partial charge in [-0.25, -0.2) is 4.68 Å². The van der Waals surface area contributed by atoms with Crippen LogP contribution in [0.4, 0.5) is 0 Å². The maximum absolute atomic E-state index is 5.20. The van der Waals surface area contributed by atoms with Crippen molar-refractivity contribution in [1.82, 2.24) is 15.1 Å². The van der Waals surface area contributed by atoms with Crippen LogP contribution in [0.5, 0.6) is 5.88 Å². The lowest BCUT2D eigenvalue weighted by Crippen LogP contribution is -2.37. The van der Waals surface area contributed by atoms with Gasteiger partial charge in [0.25, 0.3) is 0 Å². The molecule has 1 aromatic heterocycles. The number of methoxy groups -OCH3 is 1. The minimum atomic E-state index is 0.553. The summed E-state index contributed by atoms with van der Waals surface area (Å²) in [5.74, 6) is 0.845. The highest BCUT2D eigenvalue weighted by atomic mass is 16.5. The summed E-state index contributed by atoms with van der Waals surface area (Å²) in [5.41, 5.74) is 0. The van der Waals surface area contributed by atoms with Crippen molar-refractivity contribution < 1.29 is 4.74 Å². The van der Waals surface area contributed by atoms with Crippen LogP contribution < -0.4 is 10.1 Å². The van der Waals surface area contributed by atoms with Crippen LogP contribution in [0.2, 0.25) is 0 Å². The molecule has 2 heterocycles. The number of piperidine rings is 1. The van der Waals surface area contributed by atoms with Gasteiger partial charge in [-0.1, -0.05) is 6.42 Å². The highest BCUT2D eigenvalue weighted by Crippen LogP contribution is 2.13. The summed E-state index contributed by atoms with van der Waals surface area (Å²) in [4.78, 5) is 0. The first-order chi connectivity index (χ1) is 6.90. The van der Waals surface area contributed by atoms with Gasteiger partial charge < -0.3 is 10.1 Å². The molecule has 78 valence electrons. The van der Waals surface area contributed by atoms with Crippen molar-refractivity contribution in [3.63, 3.8) is 0 Å². The van der Waals surface area contributed by atoms with Gasteiger partial charge in [-0.2, -0.15) is 5.10 Å². The van der Waals surface area contributed by atoms with E-state index in [9.17, 15) is 0 Å². The number of rotatable bonds is 3. The van der Waals surface area contributed by atoms with Gasteiger partial charge in [-0.15, -0.1) is 0 Å². The fourth-order valence-corrected chi connectivity index (χ4v) is 1.92. The summed E-state index contributed by atoms with van der Waals surface area (Å²) in [5, 5.41) is 7.73. The van der Waals surface area contributed by atoms with E-state index >= 15 is 0 Å². The molecule has 0 amide bonds. The Kier molecular flexibility index (Phi) is 3.03. The van der Waals surface area contributed by atoms with Gasteiger partial charge in [-0.3, -0.25) is 0 Å². The summed E-state index contributed by atoms with van der Waals surface area (Å²) >= 11 is 0. The van der Waals surface area contributed by atoms with Crippen LogP contribution in [-0.2, 0) is 6.54 Å². The number of hydrogen-bond donors (Lipinski definition) is 1. The molecule has 0 radical (unpaired) electrons. The lowest BCUT2D eigenvalue weighted by Gasteiger charge is -2.23. The molecule has 0 spiro atoms. The van der Waals surface area contributed by atoms with Crippen LogP contribution in [0.25, 0.3) is 0 Å². The van der Waals surface area contributed by atoms with Crippen molar-refractivity contribution in [1.29, 1.82) is 0 Å². The van der Waals surface area contributed by atoms with Crippen molar-refractivity contribution in [3.05, 3.63) is 12.3 Å². The van der Waals surface area contributed by atoms with Gasteiger partial charge in [0.15, 0.2) is 0 Å². The zero-order valence-corrected chi connectivity index (χ0v) is 8.57. The molecular weight excluding hydrogens is 178 g/mol. The summed E-state index contributed by atoms with van der Waals surface area (Å²) in [6.07, 6.45) is 5.64. The Labute approximate surface area is 84.3 Å². The van der Waals surface area contributed by atoms with E-state index in [4.69, 9.17) is 4.74 Å². The normalized spacial score (nSPS) is 22.2. The zero-order chi connectivity index (χ0) is 9.80. The third-order valence-electron chi connectivity index (χ3n) is 2.69. The molecule has 0 saturated carbocycles. The summed E-state index contributed by atoms with van der Waals surface area (Å²) in [6, 6.07) is 2.44. The third-order valence-corrected chi connectivity index (χ3v) is 2.69. The summed E-state index contributed by atoms with van der Waals surface area (Å²) in [6.45, 7) is 2.05. The molecule has 1 unspecified atom stereocenters. The highest BCUT2D eigenvalue weighted by Gasteiger charge is 2.14. The Bertz CT molecular complexity index is 279. The van der Waals surface area contributed by atoms with Crippen LogP contribution in [-0.4, -0.2) is 29.5 Å². The Hall–Kier alpha value is -1.03. The molecule has 0 bridgehead atoms. The molecule has 2 rings (SSSR count). The second-order valence-electron chi connectivity index (χ2n) is 3.70.